The Morgan fingerprint density at radius 3 is 3.05 bits per heavy atom. The molecule has 1 amide bonds. The lowest BCUT2D eigenvalue weighted by atomic mass is 10.0. The van der Waals surface area contributed by atoms with Crippen LogP contribution in [-0.2, 0) is 22.5 Å². The first-order chi connectivity index (χ1) is 10.6. The van der Waals surface area contributed by atoms with Gasteiger partial charge in [0.25, 0.3) is 0 Å². The van der Waals surface area contributed by atoms with Gasteiger partial charge in [0.1, 0.15) is 0 Å². The van der Waals surface area contributed by atoms with Crippen LogP contribution in [0.1, 0.15) is 30.2 Å². The van der Waals surface area contributed by atoms with Crippen LogP contribution < -0.4 is 5.73 Å². The van der Waals surface area contributed by atoms with Crippen LogP contribution in [0.4, 0.5) is 0 Å². The predicted octanol–water partition coefficient (Wildman–Crippen LogP) is 2.71. The number of fused-ring (bicyclic) bond motifs is 1. The number of amides is 1. The Hall–Kier alpha value is -1.85. The maximum atomic E-state index is 11.4. The largest absolute Gasteiger partial charge is 0.375 e. The van der Waals surface area contributed by atoms with Crippen LogP contribution >= 0.6 is 11.6 Å². The van der Waals surface area contributed by atoms with E-state index in [1.807, 2.05) is 12.1 Å². The van der Waals surface area contributed by atoms with E-state index in [2.05, 4.69) is 9.55 Å². The average molecular weight is 320 g/mol. The Morgan fingerprint density at radius 2 is 2.41 bits per heavy atom. The van der Waals surface area contributed by atoms with E-state index < -0.39 is 5.91 Å². The second-order valence-corrected chi connectivity index (χ2v) is 5.81. The summed E-state index contributed by atoms with van der Waals surface area (Å²) in [7, 11) is 1.68. The highest BCUT2D eigenvalue weighted by atomic mass is 35.5. The highest BCUT2D eigenvalue weighted by molar-refractivity contribution is 6.34. The molecule has 0 fully saturated rings. The number of aromatic nitrogens is 2. The molecule has 1 atom stereocenters. The van der Waals surface area contributed by atoms with E-state index in [-0.39, 0.29) is 12.5 Å². The topological polar surface area (TPSA) is 70.1 Å². The molecule has 0 radical (unpaired) electrons. The van der Waals surface area contributed by atoms with Gasteiger partial charge in [-0.25, -0.2) is 0 Å². The third-order valence-electron chi connectivity index (χ3n) is 4.07. The molecule has 0 bridgehead atoms. The van der Waals surface area contributed by atoms with Crippen LogP contribution in [0, 0.1) is 0 Å². The van der Waals surface area contributed by atoms with E-state index in [0.29, 0.717) is 5.02 Å². The number of primary amides is 1. The molecule has 0 saturated heterocycles. The van der Waals surface area contributed by atoms with Gasteiger partial charge in [-0.1, -0.05) is 11.6 Å². The summed E-state index contributed by atoms with van der Waals surface area (Å²) < 4.78 is 7.74. The summed E-state index contributed by atoms with van der Waals surface area (Å²) in [5.41, 5.74) is 8.97. The Kier molecular flexibility index (Phi) is 4.18. The average Bonchev–Trinajstić information content (AvgIpc) is 2.80. The summed E-state index contributed by atoms with van der Waals surface area (Å²) in [6.45, 7) is 0.845. The second kappa shape index (κ2) is 6.10. The van der Waals surface area contributed by atoms with Crippen LogP contribution in [0.2, 0.25) is 5.02 Å². The second-order valence-electron chi connectivity index (χ2n) is 5.43. The Labute approximate surface area is 134 Å². The van der Waals surface area contributed by atoms with Crippen LogP contribution in [0.25, 0.3) is 11.3 Å². The van der Waals surface area contributed by atoms with Gasteiger partial charge in [0.15, 0.2) is 0 Å². The first kappa shape index (κ1) is 15.1. The quantitative estimate of drug-likeness (QED) is 0.942. The van der Waals surface area contributed by atoms with Crippen molar-refractivity contribution in [2.75, 3.05) is 7.11 Å². The molecule has 2 aromatic rings. The Balaban J connectivity index is 2.23. The molecule has 0 aliphatic carbocycles. The molecule has 6 heteroatoms. The van der Waals surface area contributed by atoms with Crippen molar-refractivity contribution in [2.24, 2.45) is 5.73 Å². The highest BCUT2D eigenvalue weighted by Gasteiger charge is 2.31. The molecule has 1 aliphatic rings. The number of rotatable bonds is 4. The summed E-state index contributed by atoms with van der Waals surface area (Å²) in [4.78, 5) is 15.6. The zero-order valence-electron chi connectivity index (χ0n) is 12.4. The van der Waals surface area contributed by atoms with Gasteiger partial charge in [0.05, 0.1) is 28.9 Å². The maximum absolute atomic E-state index is 11.4. The molecule has 1 aliphatic heterocycles. The molecule has 5 nitrogen and oxygen atoms in total. The van der Waals surface area contributed by atoms with Crippen molar-refractivity contribution in [3.63, 3.8) is 0 Å². The van der Waals surface area contributed by atoms with Gasteiger partial charge in [-0.3, -0.25) is 9.78 Å². The number of pyridine rings is 1. The van der Waals surface area contributed by atoms with Gasteiger partial charge in [-0.15, -0.1) is 0 Å². The molecular weight excluding hydrogens is 302 g/mol. The van der Waals surface area contributed by atoms with E-state index in [4.69, 9.17) is 22.1 Å². The highest BCUT2D eigenvalue weighted by Crippen LogP contribution is 2.42. The molecule has 116 valence electrons. The lowest BCUT2D eigenvalue weighted by Crippen LogP contribution is -2.21. The minimum absolute atomic E-state index is 0.0639. The summed E-state index contributed by atoms with van der Waals surface area (Å²) >= 11 is 6.61. The number of hydrogen-bond donors (Lipinski definition) is 1. The number of ether oxygens (including phenoxy) is 1. The summed E-state index contributed by atoms with van der Waals surface area (Å²) in [6.07, 6.45) is 5.47. The molecule has 22 heavy (non-hydrogen) atoms. The van der Waals surface area contributed by atoms with Crippen molar-refractivity contribution in [3.8, 4) is 11.3 Å². The predicted molar refractivity (Wildman–Crippen MR) is 84.6 cm³/mol. The molecule has 0 saturated carbocycles. The fraction of sp³-hybridized carbons (Fsp3) is 0.375. The number of nitrogens with zero attached hydrogens (tertiary/aromatic N) is 2. The minimum Gasteiger partial charge on any atom is -0.375 e. The normalized spacial score (nSPS) is 17.3. The fourth-order valence-electron chi connectivity index (χ4n) is 3.19. The number of methoxy groups -OCH3 is 1. The Bertz CT molecular complexity index is 697. The fourth-order valence-corrected chi connectivity index (χ4v) is 3.56. The van der Waals surface area contributed by atoms with Gasteiger partial charge in [-0.05, 0) is 25.0 Å². The van der Waals surface area contributed by atoms with Gasteiger partial charge in [0, 0.05) is 37.2 Å². The van der Waals surface area contributed by atoms with E-state index in [9.17, 15) is 4.79 Å². The van der Waals surface area contributed by atoms with E-state index in [1.165, 1.54) is 0 Å². The molecule has 2 aromatic heterocycles. The van der Waals surface area contributed by atoms with Crippen molar-refractivity contribution in [1.29, 1.82) is 0 Å². The van der Waals surface area contributed by atoms with Crippen molar-refractivity contribution in [1.82, 2.24) is 9.55 Å². The lowest BCUT2D eigenvalue weighted by Gasteiger charge is -2.26. The van der Waals surface area contributed by atoms with Gasteiger partial charge < -0.3 is 15.0 Å². The number of hydrogen-bond acceptors (Lipinski definition) is 3. The zero-order valence-corrected chi connectivity index (χ0v) is 13.1. The van der Waals surface area contributed by atoms with Crippen LogP contribution in [0.3, 0.4) is 0 Å². The number of carbonyl (C=O) groups excluding carboxylic acids is 1. The van der Waals surface area contributed by atoms with Crippen LogP contribution in [0.15, 0.2) is 24.5 Å². The standard InChI is InChI=1S/C16H18ClN3O2/c1-22-12-5-3-7-20-15(10-4-2-6-19-9-10)14(17)11(16(12)20)8-13(18)21/h2,4,6,9,12H,3,5,7-8H2,1H3,(H2,18,21). The minimum atomic E-state index is -0.395. The molecule has 1 unspecified atom stereocenters. The third kappa shape index (κ3) is 2.51. The number of carbonyl (C=O) groups is 1. The molecule has 0 spiro atoms. The zero-order chi connectivity index (χ0) is 15.7. The molecular formula is C16H18ClN3O2. The van der Waals surface area contributed by atoms with E-state index in [1.54, 1.807) is 19.5 Å². The summed E-state index contributed by atoms with van der Waals surface area (Å²) in [5.74, 6) is -0.395. The lowest BCUT2D eigenvalue weighted by molar-refractivity contribution is -0.117. The maximum Gasteiger partial charge on any atom is 0.221 e. The molecule has 0 aromatic carbocycles. The Morgan fingerprint density at radius 1 is 1.59 bits per heavy atom. The first-order valence-corrected chi connectivity index (χ1v) is 7.63. The van der Waals surface area contributed by atoms with Crippen molar-refractivity contribution in [2.45, 2.75) is 31.9 Å². The third-order valence-corrected chi connectivity index (χ3v) is 4.47. The molecule has 3 heterocycles. The van der Waals surface area contributed by atoms with Crippen LogP contribution in [0.5, 0.6) is 0 Å². The van der Waals surface area contributed by atoms with Crippen molar-refractivity contribution in [3.05, 3.63) is 40.8 Å². The number of nitrogens with two attached hydrogens (primary N) is 1. The van der Waals surface area contributed by atoms with Gasteiger partial charge >= 0.3 is 0 Å². The van der Waals surface area contributed by atoms with E-state index >= 15 is 0 Å². The molecule has 3 rings (SSSR count). The summed E-state index contributed by atoms with van der Waals surface area (Å²) in [5, 5.41) is 0.575. The van der Waals surface area contributed by atoms with Crippen molar-refractivity contribution >= 4 is 17.5 Å². The van der Waals surface area contributed by atoms with Gasteiger partial charge in [0.2, 0.25) is 5.91 Å². The molecule has 2 N–H and O–H groups in total. The SMILES string of the molecule is COC1CCCn2c(-c3cccnc3)c(Cl)c(CC(N)=O)c21. The number of halogens is 1. The van der Waals surface area contributed by atoms with E-state index in [0.717, 1.165) is 41.9 Å². The first-order valence-electron chi connectivity index (χ1n) is 7.25. The van der Waals surface area contributed by atoms with Gasteiger partial charge in [-0.2, -0.15) is 0 Å². The van der Waals surface area contributed by atoms with Crippen LogP contribution in [-0.4, -0.2) is 22.6 Å². The smallest absolute Gasteiger partial charge is 0.221 e. The van der Waals surface area contributed by atoms with Crippen molar-refractivity contribution < 1.29 is 9.53 Å². The summed E-state index contributed by atoms with van der Waals surface area (Å²) in [6, 6.07) is 3.84. The monoisotopic (exact) mass is 319 g/mol.